The van der Waals surface area contributed by atoms with Gasteiger partial charge in [-0.3, -0.25) is 14.0 Å². The maximum absolute atomic E-state index is 12.3. The molecule has 1 amide bonds. The standard InChI is InChI=1S/C15H17N3O4/c1-8(2)12(15(21)22)17-13(19)10-7-16-11-6-9(3)4-5-18(11)14(10)20/h4-8,12H,1-3H3,(H,17,19)(H,21,22)/t12-/m0/s1. The van der Waals surface area contributed by atoms with Gasteiger partial charge in [-0.15, -0.1) is 0 Å². The maximum Gasteiger partial charge on any atom is 0.326 e. The number of carboxylic acids is 1. The first-order valence-electron chi connectivity index (χ1n) is 6.83. The quantitative estimate of drug-likeness (QED) is 0.871. The van der Waals surface area contributed by atoms with Crippen LogP contribution in [0.5, 0.6) is 0 Å². The van der Waals surface area contributed by atoms with E-state index in [1.807, 2.05) is 6.92 Å². The topological polar surface area (TPSA) is 101 Å². The minimum atomic E-state index is -1.15. The Kier molecular flexibility index (Phi) is 4.25. The molecule has 0 radical (unpaired) electrons. The summed E-state index contributed by atoms with van der Waals surface area (Å²) in [5, 5.41) is 11.5. The van der Waals surface area contributed by atoms with Crippen LogP contribution < -0.4 is 10.9 Å². The van der Waals surface area contributed by atoms with Gasteiger partial charge in [-0.1, -0.05) is 13.8 Å². The number of aromatic nitrogens is 2. The Balaban J connectivity index is 2.40. The molecule has 2 heterocycles. The minimum absolute atomic E-state index is 0.187. The Labute approximate surface area is 126 Å². The van der Waals surface area contributed by atoms with Gasteiger partial charge in [0.1, 0.15) is 17.3 Å². The molecule has 22 heavy (non-hydrogen) atoms. The highest BCUT2D eigenvalue weighted by Crippen LogP contribution is 2.05. The molecule has 1 atom stereocenters. The van der Waals surface area contributed by atoms with Crippen molar-refractivity contribution in [3.63, 3.8) is 0 Å². The first kappa shape index (κ1) is 15.7. The average molecular weight is 303 g/mol. The SMILES string of the molecule is Cc1ccn2c(=O)c(C(=O)N[C@H](C(=O)O)C(C)C)cnc2c1. The fourth-order valence-electron chi connectivity index (χ4n) is 2.06. The third kappa shape index (κ3) is 2.98. The van der Waals surface area contributed by atoms with Crippen LogP contribution in [0.3, 0.4) is 0 Å². The molecule has 0 bridgehead atoms. The molecule has 0 unspecified atom stereocenters. The van der Waals surface area contributed by atoms with Crippen LogP contribution in [0.1, 0.15) is 29.8 Å². The van der Waals surface area contributed by atoms with Crippen molar-refractivity contribution in [2.45, 2.75) is 26.8 Å². The van der Waals surface area contributed by atoms with E-state index < -0.39 is 23.5 Å². The molecule has 0 spiro atoms. The van der Waals surface area contributed by atoms with E-state index in [0.717, 1.165) is 5.56 Å². The summed E-state index contributed by atoms with van der Waals surface area (Å²) < 4.78 is 1.26. The van der Waals surface area contributed by atoms with Crippen LogP contribution in [-0.4, -0.2) is 32.4 Å². The fourth-order valence-corrected chi connectivity index (χ4v) is 2.06. The molecule has 0 aliphatic rings. The van der Waals surface area contributed by atoms with E-state index in [4.69, 9.17) is 5.11 Å². The zero-order valence-electron chi connectivity index (χ0n) is 12.5. The third-order valence-electron chi connectivity index (χ3n) is 3.33. The lowest BCUT2D eigenvalue weighted by molar-refractivity contribution is -0.140. The number of fused-ring (bicyclic) bond motifs is 1. The van der Waals surface area contributed by atoms with Crippen LogP contribution >= 0.6 is 0 Å². The van der Waals surface area contributed by atoms with Gasteiger partial charge in [0.2, 0.25) is 0 Å². The molecule has 7 heteroatoms. The summed E-state index contributed by atoms with van der Waals surface area (Å²) >= 11 is 0. The highest BCUT2D eigenvalue weighted by molar-refractivity contribution is 5.96. The van der Waals surface area contributed by atoms with Crippen molar-refractivity contribution in [1.29, 1.82) is 0 Å². The van der Waals surface area contributed by atoms with E-state index >= 15 is 0 Å². The largest absolute Gasteiger partial charge is 0.480 e. The van der Waals surface area contributed by atoms with Crippen LogP contribution in [0.15, 0.2) is 29.3 Å². The van der Waals surface area contributed by atoms with Gasteiger partial charge in [0.05, 0.1) is 0 Å². The van der Waals surface area contributed by atoms with Crippen molar-refractivity contribution >= 4 is 17.5 Å². The molecule has 0 aliphatic heterocycles. The molecule has 0 saturated heterocycles. The summed E-state index contributed by atoms with van der Waals surface area (Å²) in [4.78, 5) is 39.7. The van der Waals surface area contributed by atoms with Gasteiger partial charge in [-0.05, 0) is 30.5 Å². The van der Waals surface area contributed by atoms with Gasteiger partial charge in [0, 0.05) is 12.4 Å². The van der Waals surface area contributed by atoms with Crippen molar-refractivity contribution in [2.24, 2.45) is 5.92 Å². The van der Waals surface area contributed by atoms with Crippen LogP contribution in [0.25, 0.3) is 5.65 Å². The predicted octanol–water partition coefficient (Wildman–Crippen LogP) is 0.842. The number of carbonyl (C=O) groups excluding carboxylic acids is 1. The number of aliphatic carboxylic acids is 1. The first-order chi connectivity index (χ1) is 10.3. The molecule has 2 aromatic rings. The Morgan fingerprint density at radius 2 is 2.05 bits per heavy atom. The van der Waals surface area contributed by atoms with Gasteiger partial charge in [-0.2, -0.15) is 0 Å². The summed E-state index contributed by atoms with van der Waals surface area (Å²) in [6, 6.07) is 2.38. The Morgan fingerprint density at radius 3 is 2.64 bits per heavy atom. The van der Waals surface area contributed by atoms with Crippen molar-refractivity contribution in [2.75, 3.05) is 0 Å². The monoisotopic (exact) mass is 303 g/mol. The highest BCUT2D eigenvalue weighted by atomic mass is 16.4. The second-order valence-electron chi connectivity index (χ2n) is 5.44. The molecule has 7 nitrogen and oxygen atoms in total. The summed E-state index contributed by atoms with van der Waals surface area (Å²) in [5.74, 6) is -2.19. The number of amides is 1. The second-order valence-corrected chi connectivity index (χ2v) is 5.44. The zero-order valence-corrected chi connectivity index (χ0v) is 12.5. The molecular weight excluding hydrogens is 286 g/mol. The lowest BCUT2D eigenvalue weighted by Gasteiger charge is -2.17. The summed E-state index contributed by atoms with van der Waals surface area (Å²) in [5.41, 5.74) is 0.652. The van der Waals surface area contributed by atoms with Gasteiger partial charge >= 0.3 is 5.97 Å². The van der Waals surface area contributed by atoms with Gasteiger partial charge in [0.15, 0.2) is 0 Å². The van der Waals surface area contributed by atoms with E-state index in [1.165, 1.54) is 16.8 Å². The molecule has 0 aliphatic carbocycles. The number of rotatable bonds is 4. The fraction of sp³-hybridized carbons (Fsp3) is 0.333. The summed E-state index contributed by atoms with van der Waals surface area (Å²) in [6.45, 7) is 5.22. The number of nitrogens with zero attached hydrogens (tertiary/aromatic N) is 2. The van der Waals surface area contributed by atoms with E-state index in [0.29, 0.717) is 5.65 Å². The molecule has 2 N–H and O–H groups in total. The third-order valence-corrected chi connectivity index (χ3v) is 3.33. The zero-order chi connectivity index (χ0) is 16.4. The van der Waals surface area contributed by atoms with Crippen LogP contribution in [0.2, 0.25) is 0 Å². The lowest BCUT2D eigenvalue weighted by Crippen LogP contribution is -2.45. The number of hydrogen-bond donors (Lipinski definition) is 2. The smallest absolute Gasteiger partial charge is 0.326 e. The number of carboxylic acid groups (broad SMARTS) is 1. The van der Waals surface area contributed by atoms with Crippen molar-refractivity contribution in [1.82, 2.24) is 14.7 Å². The summed E-state index contributed by atoms with van der Waals surface area (Å²) in [7, 11) is 0. The van der Waals surface area contributed by atoms with Gasteiger partial charge < -0.3 is 10.4 Å². The molecule has 2 rings (SSSR count). The van der Waals surface area contributed by atoms with E-state index in [-0.39, 0.29) is 11.5 Å². The Bertz CT molecular complexity index is 795. The molecule has 0 fully saturated rings. The van der Waals surface area contributed by atoms with Crippen LogP contribution in [-0.2, 0) is 4.79 Å². The maximum atomic E-state index is 12.3. The van der Waals surface area contributed by atoms with E-state index in [2.05, 4.69) is 10.3 Å². The molecule has 2 aromatic heterocycles. The van der Waals surface area contributed by atoms with Crippen molar-refractivity contribution in [3.05, 3.63) is 46.0 Å². The second kappa shape index (κ2) is 5.97. The average Bonchev–Trinajstić information content (AvgIpc) is 2.43. The minimum Gasteiger partial charge on any atom is -0.480 e. The number of aryl methyl sites for hydroxylation is 1. The molecular formula is C15H17N3O4. The van der Waals surface area contributed by atoms with Crippen LogP contribution in [0.4, 0.5) is 0 Å². The number of hydrogen-bond acceptors (Lipinski definition) is 4. The van der Waals surface area contributed by atoms with Gasteiger partial charge in [0.25, 0.3) is 11.5 Å². The summed E-state index contributed by atoms with van der Waals surface area (Å²) in [6.07, 6.45) is 2.71. The molecule has 0 aromatic carbocycles. The van der Waals surface area contributed by atoms with Crippen molar-refractivity contribution < 1.29 is 14.7 Å². The van der Waals surface area contributed by atoms with Crippen LogP contribution in [0, 0.1) is 12.8 Å². The molecule has 0 saturated carbocycles. The van der Waals surface area contributed by atoms with Crippen molar-refractivity contribution in [3.8, 4) is 0 Å². The van der Waals surface area contributed by atoms with E-state index in [1.54, 1.807) is 26.0 Å². The number of carbonyl (C=O) groups is 2. The lowest BCUT2D eigenvalue weighted by atomic mass is 10.0. The number of pyridine rings is 1. The highest BCUT2D eigenvalue weighted by Gasteiger charge is 2.25. The predicted molar refractivity (Wildman–Crippen MR) is 79.9 cm³/mol. The first-order valence-corrected chi connectivity index (χ1v) is 6.83. The van der Waals surface area contributed by atoms with E-state index in [9.17, 15) is 14.4 Å². The Hall–Kier alpha value is -2.70. The Morgan fingerprint density at radius 1 is 1.36 bits per heavy atom. The van der Waals surface area contributed by atoms with Gasteiger partial charge in [-0.25, -0.2) is 9.78 Å². The number of nitrogens with one attached hydrogen (secondary N) is 1. The normalized spacial score (nSPS) is 12.4. The molecule has 116 valence electrons.